The quantitative estimate of drug-likeness (QED) is 0.841. The first kappa shape index (κ1) is 10.8. The molecule has 0 saturated carbocycles. The largest absolute Gasteiger partial charge is 0.324 e. The van der Waals surface area contributed by atoms with Gasteiger partial charge in [-0.1, -0.05) is 12.1 Å². The van der Waals surface area contributed by atoms with Gasteiger partial charge in [0.1, 0.15) is 5.82 Å². The molecule has 1 aromatic heterocycles. The Kier molecular flexibility index (Phi) is 2.75. The molecular formula is C12H14FN3. The Labute approximate surface area is 93.7 Å². The first-order chi connectivity index (χ1) is 7.59. The number of hydrogen-bond acceptors (Lipinski definition) is 2. The second-order valence-electron chi connectivity index (χ2n) is 3.87. The molecule has 1 atom stereocenters. The van der Waals surface area contributed by atoms with Crippen LogP contribution >= 0.6 is 0 Å². The summed E-state index contributed by atoms with van der Waals surface area (Å²) in [6.07, 6.45) is 1.73. The summed E-state index contributed by atoms with van der Waals surface area (Å²) in [6, 6.07) is 6.33. The summed E-state index contributed by atoms with van der Waals surface area (Å²) in [4.78, 5) is 0. The van der Waals surface area contributed by atoms with Gasteiger partial charge < -0.3 is 5.73 Å². The number of rotatable bonds is 2. The van der Waals surface area contributed by atoms with Gasteiger partial charge in [-0.05, 0) is 19.1 Å². The minimum absolute atomic E-state index is 0.119. The van der Waals surface area contributed by atoms with Crippen LogP contribution in [0.5, 0.6) is 0 Å². The lowest BCUT2D eigenvalue weighted by atomic mass is 10.0. The lowest BCUT2D eigenvalue weighted by molar-refractivity contribution is 0.628. The molecule has 84 valence electrons. The van der Waals surface area contributed by atoms with Crippen LogP contribution in [0.1, 0.15) is 18.5 Å². The number of aryl methyl sites for hydroxylation is 1. The van der Waals surface area contributed by atoms with Crippen molar-refractivity contribution in [1.82, 2.24) is 9.78 Å². The molecule has 4 heteroatoms. The highest BCUT2D eigenvalue weighted by atomic mass is 19.1. The summed E-state index contributed by atoms with van der Waals surface area (Å²) in [5, 5.41) is 4.16. The summed E-state index contributed by atoms with van der Waals surface area (Å²) in [5.74, 6) is -0.255. The van der Waals surface area contributed by atoms with E-state index in [-0.39, 0.29) is 11.9 Å². The minimum Gasteiger partial charge on any atom is -0.324 e. The Morgan fingerprint density at radius 2 is 2.19 bits per heavy atom. The number of hydrogen-bond donors (Lipinski definition) is 1. The second-order valence-corrected chi connectivity index (χ2v) is 3.87. The molecule has 3 nitrogen and oxygen atoms in total. The average Bonchev–Trinajstić information content (AvgIpc) is 2.60. The van der Waals surface area contributed by atoms with Gasteiger partial charge in [0.25, 0.3) is 0 Å². The molecule has 0 fully saturated rings. The first-order valence-electron chi connectivity index (χ1n) is 5.13. The van der Waals surface area contributed by atoms with Gasteiger partial charge in [0.15, 0.2) is 0 Å². The van der Waals surface area contributed by atoms with E-state index < -0.39 is 0 Å². The maximum atomic E-state index is 13.2. The third-order valence-corrected chi connectivity index (χ3v) is 2.56. The molecule has 2 N–H and O–H groups in total. The van der Waals surface area contributed by atoms with E-state index in [1.165, 1.54) is 12.1 Å². The molecule has 0 aliphatic carbocycles. The predicted molar refractivity (Wildman–Crippen MR) is 61.2 cm³/mol. The van der Waals surface area contributed by atoms with Crippen molar-refractivity contribution in [2.45, 2.75) is 13.0 Å². The van der Waals surface area contributed by atoms with Crippen LogP contribution in [0.25, 0.3) is 11.3 Å². The fourth-order valence-corrected chi connectivity index (χ4v) is 1.78. The second kappa shape index (κ2) is 4.06. The Balaban J connectivity index is 2.59. The Morgan fingerprint density at radius 1 is 1.44 bits per heavy atom. The Bertz CT molecular complexity index is 503. The van der Waals surface area contributed by atoms with Crippen molar-refractivity contribution < 1.29 is 4.39 Å². The summed E-state index contributed by atoms with van der Waals surface area (Å²) in [6.45, 7) is 1.89. The molecule has 2 aromatic rings. The monoisotopic (exact) mass is 219 g/mol. The van der Waals surface area contributed by atoms with Gasteiger partial charge in [-0.3, -0.25) is 4.68 Å². The van der Waals surface area contributed by atoms with Crippen molar-refractivity contribution in [3.8, 4) is 11.3 Å². The van der Waals surface area contributed by atoms with Crippen molar-refractivity contribution in [1.29, 1.82) is 0 Å². The molecule has 0 amide bonds. The van der Waals surface area contributed by atoms with Crippen molar-refractivity contribution in [3.05, 3.63) is 41.8 Å². The minimum atomic E-state index is -0.255. The molecule has 0 spiro atoms. The van der Waals surface area contributed by atoms with Crippen LogP contribution in [0, 0.1) is 5.82 Å². The maximum Gasteiger partial charge on any atom is 0.123 e. The molecule has 0 aliphatic heterocycles. The van der Waals surface area contributed by atoms with Crippen LogP contribution in [0.4, 0.5) is 4.39 Å². The molecule has 0 saturated heterocycles. The fraction of sp³-hybridized carbons (Fsp3) is 0.250. The summed E-state index contributed by atoms with van der Waals surface area (Å²) < 4.78 is 14.9. The van der Waals surface area contributed by atoms with Gasteiger partial charge in [-0.15, -0.1) is 0 Å². The van der Waals surface area contributed by atoms with Crippen LogP contribution in [0.15, 0.2) is 30.5 Å². The SMILES string of the molecule is CC(N)c1cnn(C)c1-c1cccc(F)c1. The number of halogens is 1. The van der Waals surface area contributed by atoms with E-state index in [2.05, 4.69) is 5.10 Å². The Morgan fingerprint density at radius 3 is 2.81 bits per heavy atom. The highest BCUT2D eigenvalue weighted by Crippen LogP contribution is 2.26. The van der Waals surface area contributed by atoms with Crippen LogP contribution in [0.3, 0.4) is 0 Å². The first-order valence-corrected chi connectivity index (χ1v) is 5.13. The summed E-state index contributed by atoms with van der Waals surface area (Å²) in [7, 11) is 1.83. The van der Waals surface area contributed by atoms with Crippen molar-refractivity contribution >= 4 is 0 Å². The van der Waals surface area contributed by atoms with Gasteiger partial charge in [0.2, 0.25) is 0 Å². The zero-order valence-electron chi connectivity index (χ0n) is 9.31. The number of nitrogens with zero attached hydrogens (tertiary/aromatic N) is 2. The van der Waals surface area contributed by atoms with Gasteiger partial charge in [0, 0.05) is 24.2 Å². The van der Waals surface area contributed by atoms with Crippen LogP contribution in [-0.4, -0.2) is 9.78 Å². The molecule has 1 aromatic carbocycles. The average molecular weight is 219 g/mol. The van der Waals surface area contributed by atoms with Crippen molar-refractivity contribution in [2.24, 2.45) is 12.8 Å². The summed E-state index contributed by atoms with van der Waals surface area (Å²) >= 11 is 0. The molecule has 0 bridgehead atoms. The van der Waals surface area contributed by atoms with Gasteiger partial charge in [-0.25, -0.2) is 4.39 Å². The summed E-state index contributed by atoms with van der Waals surface area (Å²) in [5.41, 5.74) is 8.45. The van der Waals surface area contributed by atoms with Crippen molar-refractivity contribution in [2.75, 3.05) is 0 Å². The van der Waals surface area contributed by atoms with E-state index in [1.807, 2.05) is 20.0 Å². The molecular weight excluding hydrogens is 205 g/mol. The predicted octanol–water partition coefficient (Wildman–Crippen LogP) is 2.25. The standard InChI is InChI=1S/C12H14FN3/c1-8(14)11-7-15-16(2)12(11)9-4-3-5-10(13)6-9/h3-8H,14H2,1-2H3. The number of nitrogens with two attached hydrogens (primary N) is 1. The van der Waals surface area contributed by atoms with Crippen LogP contribution in [-0.2, 0) is 7.05 Å². The smallest absolute Gasteiger partial charge is 0.123 e. The van der Waals surface area contributed by atoms with E-state index in [9.17, 15) is 4.39 Å². The highest BCUT2D eigenvalue weighted by molar-refractivity contribution is 5.63. The lowest BCUT2D eigenvalue weighted by Gasteiger charge is -2.09. The van der Waals surface area contributed by atoms with E-state index >= 15 is 0 Å². The van der Waals surface area contributed by atoms with Gasteiger partial charge in [0.05, 0.1) is 11.9 Å². The Hall–Kier alpha value is -1.68. The highest BCUT2D eigenvalue weighted by Gasteiger charge is 2.14. The zero-order valence-corrected chi connectivity index (χ0v) is 9.31. The normalized spacial score (nSPS) is 12.8. The fourth-order valence-electron chi connectivity index (χ4n) is 1.78. The number of benzene rings is 1. The van der Waals surface area contributed by atoms with E-state index in [0.717, 1.165) is 16.8 Å². The topological polar surface area (TPSA) is 43.8 Å². The number of aromatic nitrogens is 2. The zero-order chi connectivity index (χ0) is 11.7. The maximum absolute atomic E-state index is 13.2. The van der Waals surface area contributed by atoms with E-state index in [1.54, 1.807) is 16.9 Å². The third kappa shape index (κ3) is 1.84. The van der Waals surface area contributed by atoms with Crippen LogP contribution in [0.2, 0.25) is 0 Å². The molecule has 1 heterocycles. The van der Waals surface area contributed by atoms with Gasteiger partial charge in [-0.2, -0.15) is 5.10 Å². The van der Waals surface area contributed by atoms with Gasteiger partial charge >= 0.3 is 0 Å². The van der Waals surface area contributed by atoms with E-state index in [0.29, 0.717) is 0 Å². The lowest BCUT2D eigenvalue weighted by Crippen LogP contribution is -2.06. The third-order valence-electron chi connectivity index (χ3n) is 2.56. The van der Waals surface area contributed by atoms with Crippen molar-refractivity contribution in [3.63, 3.8) is 0 Å². The molecule has 2 rings (SSSR count). The molecule has 0 radical (unpaired) electrons. The van der Waals surface area contributed by atoms with E-state index in [4.69, 9.17) is 5.73 Å². The molecule has 0 aliphatic rings. The molecule has 1 unspecified atom stereocenters. The van der Waals surface area contributed by atoms with Crippen LogP contribution < -0.4 is 5.73 Å². The molecule has 16 heavy (non-hydrogen) atoms.